The molecule has 4 rings (SSSR count). The van der Waals surface area contributed by atoms with Crippen molar-refractivity contribution in [1.82, 2.24) is 19.7 Å². The lowest BCUT2D eigenvalue weighted by Gasteiger charge is -2.15. The zero-order valence-electron chi connectivity index (χ0n) is 12.1. The number of hydrogen-bond donors (Lipinski definition) is 0. The van der Waals surface area contributed by atoms with E-state index >= 15 is 0 Å². The van der Waals surface area contributed by atoms with Crippen LogP contribution < -0.4 is 5.43 Å². The molecule has 0 saturated heterocycles. The number of fused-ring (bicyclic) bond motifs is 1. The third kappa shape index (κ3) is 2.48. The van der Waals surface area contributed by atoms with Gasteiger partial charge in [-0.25, -0.2) is 9.67 Å². The smallest absolute Gasteiger partial charge is 0.199 e. The lowest BCUT2D eigenvalue weighted by molar-refractivity contribution is 0.824. The fourth-order valence-corrected chi connectivity index (χ4v) is 2.42. The van der Waals surface area contributed by atoms with E-state index in [1.54, 1.807) is 23.0 Å². The summed E-state index contributed by atoms with van der Waals surface area (Å²) in [6, 6.07) is 20.0. The fourth-order valence-electron chi connectivity index (χ4n) is 2.42. The van der Waals surface area contributed by atoms with Crippen LogP contribution >= 0.6 is 0 Å². The molecule has 0 atom stereocenters. The average Bonchev–Trinajstić information content (AvgIpc) is 2.62. The predicted molar refractivity (Wildman–Crippen MR) is 87.5 cm³/mol. The number of hydrogen-bond acceptors (Lipinski definition) is 4. The third-order valence-electron chi connectivity index (χ3n) is 3.49. The van der Waals surface area contributed by atoms with Crippen LogP contribution in [0.3, 0.4) is 0 Å². The summed E-state index contributed by atoms with van der Waals surface area (Å²) in [6.45, 7) is 0. The van der Waals surface area contributed by atoms with Gasteiger partial charge in [0.15, 0.2) is 11.3 Å². The number of benzene rings is 2. The van der Waals surface area contributed by atoms with Crippen LogP contribution in [0.2, 0.25) is 0 Å². The molecule has 0 radical (unpaired) electrons. The highest BCUT2D eigenvalue weighted by Gasteiger charge is 2.15. The van der Waals surface area contributed by atoms with Crippen LogP contribution in [0.4, 0.5) is 0 Å². The van der Waals surface area contributed by atoms with E-state index in [0.717, 1.165) is 5.69 Å². The predicted octanol–water partition coefficient (Wildman–Crippen LogP) is 2.79. The van der Waals surface area contributed by atoms with Crippen LogP contribution in [0.5, 0.6) is 0 Å². The van der Waals surface area contributed by atoms with E-state index in [1.165, 1.54) is 6.07 Å². The molecule has 2 aliphatic rings. The SMILES string of the molecule is O=c1ccc2nc(-c3ccccn3)nn(-c3ccccc3)c-2c1. The van der Waals surface area contributed by atoms with Gasteiger partial charge in [0.25, 0.3) is 0 Å². The third-order valence-corrected chi connectivity index (χ3v) is 3.49. The van der Waals surface area contributed by atoms with Gasteiger partial charge in [0, 0.05) is 12.3 Å². The Bertz CT molecular complexity index is 981. The monoisotopic (exact) mass is 300 g/mol. The molecule has 23 heavy (non-hydrogen) atoms. The van der Waals surface area contributed by atoms with Crippen molar-refractivity contribution in [1.29, 1.82) is 0 Å². The summed E-state index contributed by atoms with van der Waals surface area (Å²) in [5.41, 5.74) is 2.84. The van der Waals surface area contributed by atoms with Gasteiger partial charge in [0.1, 0.15) is 5.69 Å². The van der Waals surface area contributed by atoms with Gasteiger partial charge >= 0.3 is 0 Å². The van der Waals surface area contributed by atoms with E-state index in [2.05, 4.69) is 15.1 Å². The number of nitrogens with zero attached hydrogens (tertiary/aromatic N) is 4. The van der Waals surface area contributed by atoms with Crippen molar-refractivity contribution < 1.29 is 0 Å². The molecular weight excluding hydrogens is 288 g/mol. The summed E-state index contributed by atoms with van der Waals surface area (Å²) >= 11 is 0. The van der Waals surface area contributed by atoms with Crippen molar-refractivity contribution in [3.63, 3.8) is 0 Å². The molecule has 1 aromatic heterocycles. The van der Waals surface area contributed by atoms with E-state index in [0.29, 0.717) is 22.9 Å². The van der Waals surface area contributed by atoms with Gasteiger partial charge in [0.2, 0.25) is 0 Å². The molecule has 0 saturated carbocycles. The molecule has 0 unspecified atom stereocenters. The Hall–Kier alpha value is -3.34. The summed E-state index contributed by atoms with van der Waals surface area (Å²) in [5.74, 6) is 0.514. The van der Waals surface area contributed by atoms with Gasteiger partial charge in [-0.15, -0.1) is 5.10 Å². The first kappa shape index (κ1) is 13.3. The number of para-hydroxylation sites is 1. The van der Waals surface area contributed by atoms with Gasteiger partial charge in [-0.05, 0) is 36.4 Å². The van der Waals surface area contributed by atoms with Gasteiger partial charge in [-0.2, -0.15) is 0 Å². The molecule has 5 nitrogen and oxygen atoms in total. The fraction of sp³-hybridized carbons (Fsp3) is 0. The molecule has 0 bridgehead atoms. The highest BCUT2D eigenvalue weighted by molar-refractivity contribution is 5.62. The summed E-state index contributed by atoms with van der Waals surface area (Å²) in [4.78, 5) is 20.6. The van der Waals surface area contributed by atoms with E-state index in [4.69, 9.17) is 0 Å². The first-order valence-electron chi connectivity index (χ1n) is 7.19. The van der Waals surface area contributed by atoms with Crippen molar-refractivity contribution in [3.05, 3.63) is 83.2 Å². The molecule has 110 valence electrons. The summed E-state index contributed by atoms with van der Waals surface area (Å²) in [6.07, 6.45) is 1.70. The Morgan fingerprint density at radius 1 is 0.826 bits per heavy atom. The number of aromatic nitrogens is 4. The van der Waals surface area contributed by atoms with E-state index in [-0.39, 0.29) is 5.43 Å². The van der Waals surface area contributed by atoms with E-state index in [1.807, 2.05) is 48.5 Å². The van der Waals surface area contributed by atoms with Crippen molar-refractivity contribution in [3.8, 4) is 28.6 Å². The Balaban J connectivity index is 2.03. The van der Waals surface area contributed by atoms with Crippen LogP contribution in [-0.4, -0.2) is 19.7 Å². The maximum absolute atomic E-state index is 11.7. The molecule has 0 spiro atoms. The average molecular weight is 300 g/mol. The summed E-state index contributed by atoms with van der Waals surface area (Å²) in [5, 5.41) is 4.59. The normalized spacial score (nSPS) is 10.8. The lowest BCUT2D eigenvalue weighted by Crippen LogP contribution is -2.13. The van der Waals surface area contributed by atoms with Crippen LogP contribution in [0.15, 0.2) is 77.7 Å². The molecule has 5 heteroatoms. The number of rotatable bonds is 2. The molecule has 2 heterocycles. The molecule has 1 aliphatic carbocycles. The zero-order chi connectivity index (χ0) is 15.6. The lowest BCUT2D eigenvalue weighted by atomic mass is 10.2. The minimum absolute atomic E-state index is 0.0728. The molecule has 0 N–H and O–H groups in total. The second kappa shape index (κ2) is 5.46. The number of pyridine rings is 1. The Kier molecular flexibility index (Phi) is 3.16. The van der Waals surface area contributed by atoms with Crippen molar-refractivity contribution in [2.45, 2.75) is 0 Å². The molecule has 0 fully saturated rings. The minimum atomic E-state index is -0.0728. The first-order valence-corrected chi connectivity index (χ1v) is 7.19. The quantitative estimate of drug-likeness (QED) is 0.571. The topological polar surface area (TPSA) is 60.7 Å². The largest absolute Gasteiger partial charge is 0.290 e. The zero-order valence-corrected chi connectivity index (χ0v) is 12.1. The maximum Gasteiger partial charge on any atom is 0.199 e. The van der Waals surface area contributed by atoms with Crippen LogP contribution in [0.25, 0.3) is 28.6 Å². The van der Waals surface area contributed by atoms with Gasteiger partial charge in [0.05, 0.1) is 17.1 Å². The Morgan fingerprint density at radius 2 is 1.65 bits per heavy atom. The highest BCUT2D eigenvalue weighted by Crippen LogP contribution is 2.23. The molecule has 1 aromatic carbocycles. The molecule has 1 aliphatic heterocycles. The van der Waals surface area contributed by atoms with Gasteiger partial charge < -0.3 is 0 Å². The van der Waals surface area contributed by atoms with E-state index < -0.39 is 0 Å². The standard InChI is InChI=1S/C18H12N4O/c23-14-9-10-15-17(12-14)22(13-6-2-1-3-7-13)21-18(20-15)16-8-4-5-11-19-16/h1-12H. The van der Waals surface area contributed by atoms with Crippen molar-refractivity contribution in [2.24, 2.45) is 0 Å². The van der Waals surface area contributed by atoms with Gasteiger partial charge in [-0.3, -0.25) is 9.78 Å². The van der Waals surface area contributed by atoms with Gasteiger partial charge in [-0.1, -0.05) is 24.3 Å². The maximum atomic E-state index is 11.7. The summed E-state index contributed by atoms with van der Waals surface area (Å²) in [7, 11) is 0. The second-order valence-corrected chi connectivity index (χ2v) is 5.05. The Labute approximate surface area is 132 Å². The minimum Gasteiger partial charge on any atom is -0.290 e. The van der Waals surface area contributed by atoms with Crippen molar-refractivity contribution >= 4 is 0 Å². The first-order chi connectivity index (χ1) is 11.3. The molecule has 0 amide bonds. The summed E-state index contributed by atoms with van der Waals surface area (Å²) < 4.78 is 1.73. The van der Waals surface area contributed by atoms with Crippen molar-refractivity contribution in [2.75, 3.05) is 0 Å². The van der Waals surface area contributed by atoms with Crippen LogP contribution in [0, 0.1) is 0 Å². The van der Waals surface area contributed by atoms with Crippen LogP contribution in [0.1, 0.15) is 0 Å². The van der Waals surface area contributed by atoms with Crippen LogP contribution in [-0.2, 0) is 0 Å². The second-order valence-electron chi connectivity index (χ2n) is 5.05. The Morgan fingerprint density at radius 3 is 2.43 bits per heavy atom. The molecular formula is C18H12N4O. The molecule has 2 aromatic rings. The van der Waals surface area contributed by atoms with E-state index in [9.17, 15) is 4.79 Å². The highest BCUT2D eigenvalue weighted by atomic mass is 16.1.